The summed E-state index contributed by atoms with van der Waals surface area (Å²) in [4.78, 5) is 0. The van der Waals surface area contributed by atoms with E-state index < -0.39 is 0 Å². The van der Waals surface area contributed by atoms with Gasteiger partial charge in [0.15, 0.2) is 0 Å². The topological polar surface area (TPSA) is 9.23 Å². The van der Waals surface area contributed by atoms with Crippen LogP contribution < -0.4 is 0 Å². The van der Waals surface area contributed by atoms with Crippen molar-refractivity contribution in [2.75, 3.05) is 7.11 Å². The molecular formula is C17H36O. The van der Waals surface area contributed by atoms with E-state index in [0.29, 0.717) is 0 Å². The third kappa shape index (κ3) is 45.8. The molecular weight excluding hydrogens is 220 g/mol. The first-order chi connectivity index (χ1) is 8.43. The van der Waals surface area contributed by atoms with Crippen molar-refractivity contribution in [2.45, 2.75) is 68.2 Å². The highest BCUT2D eigenvalue weighted by Gasteiger charge is 1.92. The van der Waals surface area contributed by atoms with E-state index in [1.165, 1.54) is 0 Å². The average molecular weight is 256 g/mol. The van der Waals surface area contributed by atoms with E-state index in [0.717, 1.165) is 30.4 Å². The normalized spacial score (nSPS) is 9.28. The second-order valence-electron chi connectivity index (χ2n) is 4.59. The number of terminal acetylenes is 1. The Bertz CT molecular complexity index is 155. The average Bonchev–Trinajstić information content (AvgIpc) is 2.34. The van der Waals surface area contributed by atoms with Gasteiger partial charge in [0.1, 0.15) is 0 Å². The highest BCUT2D eigenvalue weighted by Crippen LogP contribution is 2.07. The third-order valence-corrected chi connectivity index (χ3v) is 1.43. The minimum Gasteiger partial charge on any atom is -0.501 e. The molecule has 0 aromatic rings. The summed E-state index contributed by atoms with van der Waals surface area (Å²) in [5.41, 5.74) is 0. The molecule has 18 heavy (non-hydrogen) atoms. The van der Waals surface area contributed by atoms with Crippen LogP contribution in [0.4, 0.5) is 0 Å². The molecule has 0 aliphatic heterocycles. The molecule has 1 heteroatoms. The number of ether oxygens (including phenoxy) is 1. The van der Waals surface area contributed by atoms with Crippen molar-refractivity contribution >= 4 is 0 Å². The Kier molecular flexibility index (Phi) is 36.0. The van der Waals surface area contributed by atoms with Gasteiger partial charge in [0.05, 0.1) is 12.9 Å². The smallest absolute Gasteiger partial charge is 0.0913 e. The standard InChI is InChI=1S/C9H18O.C4H10.C2H6.C2H2/c1-5-9(10-4)7-6-8(2)3;1-4(2)3;2*1-2/h7-8H,5-6H2,1-4H3;4H,1-3H3;1-2H3;1-2H/b9-7-;;;. The van der Waals surface area contributed by atoms with E-state index >= 15 is 0 Å². The zero-order chi connectivity index (χ0) is 15.6. The van der Waals surface area contributed by atoms with E-state index in [-0.39, 0.29) is 0 Å². The molecule has 0 saturated carbocycles. The molecule has 0 unspecified atom stereocenters. The maximum atomic E-state index is 5.11. The molecule has 0 atom stereocenters. The van der Waals surface area contributed by atoms with Gasteiger partial charge in [-0.25, -0.2) is 0 Å². The molecule has 0 bridgehead atoms. The summed E-state index contributed by atoms with van der Waals surface area (Å²) in [5, 5.41) is 0. The summed E-state index contributed by atoms with van der Waals surface area (Å²) < 4.78 is 5.11. The van der Waals surface area contributed by atoms with Gasteiger partial charge in [-0.2, -0.15) is 0 Å². The lowest BCUT2D eigenvalue weighted by Gasteiger charge is -2.03. The molecule has 0 spiro atoms. The van der Waals surface area contributed by atoms with Crippen molar-refractivity contribution in [3.8, 4) is 12.8 Å². The van der Waals surface area contributed by atoms with E-state index in [4.69, 9.17) is 4.74 Å². The van der Waals surface area contributed by atoms with Gasteiger partial charge in [-0.15, -0.1) is 12.8 Å². The van der Waals surface area contributed by atoms with Crippen LogP contribution in [0.1, 0.15) is 68.2 Å². The first-order valence-electron chi connectivity index (χ1n) is 7.00. The molecule has 0 radical (unpaired) electrons. The molecule has 0 aliphatic carbocycles. The summed E-state index contributed by atoms with van der Waals surface area (Å²) in [7, 11) is 1.73. The van der Waals surface area contributed by atoms with Crippen molar-refractivity contribution in [3.63, 3.8) is 0 Å². The van der Waals surface area contributed by atoms with Crippen LogP contribution in [0.3, 0.4) is 0 Å². The van der Waals surface area contributed by atoms with E-state index in [9.17, 15) is 0 Å². The third-order valence-electron chi connectivity index (χ3n) is 1.43. The number of rotatable bonds is 4. The monoisotopic (exact) mass is 256 g/mol. The highest BCUT2D eigenvalue weighted by molar-refractivity contribution is 4.91. The zero-order valence-corrected chi connectivity index (χ0v) is 14.2. The molecule has 1 nitrogen and oxygen atoms in total. The van der Waals surface area contributed by atoms with Gasteiger partial charge in [-0.1, -0.05) is 55.4 Å². The lowest BCUT2D eigenvalue weighted by atomic mass is 10.1. The van der Waals surface area contributed by atoms with Crippen molar-refractivity contribution in [1.82, 2.24) is 0 Å². The van der Waals surface area contributed by atoms with E-state index in [1.807, 2.05) is 13.8 Å². The highest BCUT2D eigenvalue weighted by atomic mass is 16.5. The molecule has 0 rings (SSSR count). The summed E-state index contributed by atoms with van der Waals surface area (Å²) >= 11 is 0. The second kappa shape index (κ2) is 25.1. The predicted octanol–water partition coefficient (Wildman–Crippen LogP) is 5.91. The first kappa shape index (κ1) is 25.8. The molecule has 0 saturated heterocycles. The summed E-state index contributed by atoms with van der Waals surface area (Å²) in [6, 6.07) is 0. The van der Waals surface area contributed by atoms with Crippen LogP contribution in [0.25, 0.3) is 0 Å². The van der Waals surface area contributed by atoms with Gasteiger partial charge in [0, 0.05) is 6.42 Å². The summed E-state index contributed by atoms with van der Waals surface area (Å²) in [6.07, 6.45) is 12.3. The Morgan fingerprint density at radius 1 is 1.06 bits per heavy atom. The minimum absolute atomic E-state index is 0.733. The first-order valence-corrected chi connectivity index (χ1v) is 7.00. The van der Waals surface area contributed by atoms with Crippen LogP contribution in [-0.4, -0.2) is 7.11 Å². The molecule has 0 fully saturated rings. The molecule has 0 amide bonds. The Balaban J connectivity index is -0.000000102. The maximum Gasteiger partial charge on any atom is 0.0913 e. The van der Waals surface area contributed by atoms with Crippen molar-refractivity contribution < 1.29 is 4.74 Å². The largest absolute Gasteiger partial charge is 0.501 e. The quantitative estimate of drug-likeness (QED) is 0.449. The van der Waals surface area contributed by atoms with E-state index in [2.05, 4.69) is 60.5 Å². The molecule has 0 N–H and O–H groups in total. The fourth-order valence-electron chi connectivity index (χ4n) is 0.739. The van der Waals surface area contributed by atoms with Gasteiger partial charge in [-0.05, 0) is 24.3 Å². The van der Waals surface area contributed by atoms with Gasteiger partial charge < -0.3 is 4.74 Å². The van der Waals surface area contributed by atoms with Crippen LogP contribution >= 0.6 is 0 Å². The Morgan fingerprint density at radius 3 is 1.56 bits per heavy atom. The Hall–Kier alpha value is -0.900. The van der Waals surface area contributed by atoms with Crippen LogP contribution in [0, 0.1) is 24.7 Å². The number of allylic oxidation sites excluding steroid dienone is 2. The second-order valence-corrected chi connectivity index (χ2v) is 4.59. The molecule has 0 aromatic heterocycles. The molecule has 110 valence electrons. The van der Waals surface area contributed by atoms with Gasteiger partial charge >= 0.3 is 0 Å². The van der Waals surface area contributed by atoms with E-state index in [1.54, 1.807) is 7.11 Å². The number of methoxy groups -OCH3 is 1. The summed E-state index contributed by atoms with van der Waals surface area (Å²) in [6.45, 7) is 17.0. The SMILES string of the molecule is C#C.CC.CC(C)C.CC/C(=C/CC(C)C)OC. The van der Waals surface area contributed by atoms with Gasteiger partial charge in [0.2, 0.25) is 0 Å². The van der Waals surface area contributed by atoms with Crippen molar-refractivity contribution in [3.05, 3.63) is 11.8 Å². The van der Waals surface area contributed by atoms with Crippen LogP contribution in [-0.2, 0) is 4.74 Å². The summed E-state index contributed by atoms with van der Waals surface area (Å²) in [5.74, 6) is 2.67. The number of hydrogen-bond acceptors (Lipinski definition) is 1. The fourth-order valence-corrected chi connectivity index (χ4v) is 0.739. The lowest BCUT2D eigenvalue weighted by molar-refractivity contribution is 0.278. The minimum atomic E-state index is 0.733. The Morgan fingerprint density at radius 2 is 1.39 bits per heavy atom. The van der Waals surface area contributed by atoms with Crippen LogP contribution in [0.5, 0.6) is 0 Å². The van der Waals surface area contributed by atoms with Crippen molar-refractivity contribution in [2.24, 2.45) is 11.8 Å². The van der Waals surface area contributed by atoms with Crippen LogP contribution in [0.15, 0.2) is 11.8 Å². The lowest BCUT2D eigenvalue weighted by Crippen LogP contribution is -1.88. The predicted molar refractivity (Wildman–Crippen MR) is 86.6 cm³/mol. The fraction of sp³-hybridized carbons (Fsp3) is 0.765. The van der Waals surface area contributed by atoms with Gasteiger partial charge in [-0.3, -0.25) is 0 Å². The van der Waals surface area contributed by atoms with Crippen LogP contribution in [0.2, 0.25) is 0 Å². The maximum absolute atomic E-state index is 5.11. The molecule has 0 aromatic carbocycles. The molecule has 0 aliphatic rings. The Labute approximate surface area is 117 Å². The van der Waals surface area contributed by atoms with Gasteiger partial charge in [0.25, 0.3) is 0 Å². The van der Waals surface area contributed by atoms with Crippen molar-refractivity contribution in [1.29, 1.82) is 0 Å². The molecule has 0 heterocycles. The number of hydrogen-bond donors (Lipinski definition) is 0. The zero-order valence-electron chi connectivity index (χ0n) is 14.2.